The van der Waals surface area contributed by atoms with Crippen molar-refractivity contribution in [3.05, 3.63) is 0 Å². The first-order chi connectivity index (χ1) is 5.00. The molecule has 0 aliphatic rings. The zero-order chi connectivity index (χ0) is 9.49. The molecule has 0 saturated heterocycles. The largest absolute Gasteiger partial charge is 0.255 e. The normalized spacial score (nSPS) is 10.9. The highest BCUT2D eigenvalue weighted by atomic mass is 19.1. The molecule has 0 N–H and O–H groups in total. The van der Waals surface area contributed by atoms with Crippen molar-refractivity contribution >= 4 is 0 Å². The lowest BCUT2D eigenvalue weighted by Gasteiger charge is -2.28. The van der Waals surface area contributed by atoms with E-state index in [2.05, 4.69) is 34.6 Å². The molecule has 11 heavy (non-hydrogen) atoms. The first-order valence-electron chi connectivity index (χ1n) is 4.38. The topological polar surface area (TPSA) is 0 Å². The van der Waals surface area contributed by atoms with Crippen molar-refractivity contribution in [2.75, 3.05) is 7.18 Å². The summed E-state index contributed by atoms with van der Waals surface area (Å²) in [5, 5.41) is 0. The molecule has 0 aliphatic heterocycles. The molecular formula is C10H23F. The predicted octanol–water partition coefficient (Wildman–Crippen LogP) is 4.05. The Hall–Kier alpha value is -0.0700. The molecule has 0 radical (unpaired) electrons. The molecule has 0 unspecified atom stereocenters. The van der Waals surface area contributed by atoms with Crippen LogP contribution in [0.5, 0.6) is 0 Å². The molecule has 0 atom stereocenters. The molecule has 0 aliphatic carbocycles. The fourth-order valence-corrected chi connectivity index (χ4v) is 0.933. The van der Waals surface area contributed by atoms with Crippen LogP contribution in [0.25, 0.3) is 0 Å². The van der Waals surface area contributed by atoms with E-state index < -0.39 is 0 Å². The third kappa shape index (κ3) is 6.33. The van der Waals surface area contributed by atoms with Gasteiger partial charge in [-0.25, -0.2) is 0 Å². The third-order valence-corrected chi connectivity index (χ3v) is 2.46. The van der Waals surface area contributed by atoms with E-state index in [0.29, 0.717) is 12.6 Å². The first-order valence-corrected chi connectivity index (χ1v) is 4.38. The highest BCUT2D eigenvalue weighted by Gasteiger charge is 2.20. The SMILES string of the molecule is CCCC(C)(C)C(C)C.CF. The molecule has 0 aromatic heterocycles. The molecule has 0 saturated carbocycles. The maximum atomic E-state index is 9.50. The van der Waals surface area contributed by atoms with Crippen LogP contribution in [0, 0.1) is 11.3 Å². The summed E-state index contributed by atoms with van der Waals surface area (Å²) in [5.74, 6) is 0.817. The van der Waals surface area contributed by atoms with E-state index in [1.807, 2.05) is 0 Å². The van der Waals surface area contributed by atoms with Gasteiger partial charge in [-0.2, -0.15) is 0 Å². The summed E-state index contributed by atoms with van der Waals surface area (Å²) in [5.41, 5.74) is 0.550. The van der Waals surface area contributed by atoms with Crippen LogP contribution >= 0.6 is 0 Å². The Morgan fingerprint density at radius 1 is 1.18 bits per heavy atom. The van der Waals surface area contributed by atoms with Crippen molar-refractivity contribution in [3.8, 4) is 0 Å². The van der Waals surface area contributed by atoms with Crippen molar-refractivity contribution in [2.45, 2.75) is 47.5 Å². The molecule has 0 aromatic carbocycles. The van der Waals surface area contributed by atoms with Gasteiger partial charge in [0.1, 0.15) is 0 Å². The number of alkyl halides is 1. The summed E-state index contributed by atoms with van der Waals surface area (Å²) in [7, 11) is 0.500. The van der Waals surface area contributed by atoms with Crippen molar-refractivity contribution in [3.63, 3.8) is 0 Å². The Balaban J connectivity index is 0. The van der Waals surface area contributed by atoms with Crippen LogP contribution < -0.4 is 0 Å². The fourth-order valence-electron chi connectivity index (χ4n) is 0.933. The van der Waals surface area contributed by atoms with Crippen LogP contribution in [0.2, 0.25) is 0 Å². The highest BCUT2D eigenvalue weighted by Crippen LogP contribution is 2.30. The smallest absolute Gasteiger partial charge is 0.0785 e. The zero-order valence-electron chi connectivity index (χ0n) is 8.87. The highest BCUT2D eigenvalue weighted by molar-refractivity contribution is 4.70. The zero-order valence-corrected chi connectivity index (χ0v) is 8.87. The van der Waals surface area contributed by atoms with Gasteiger partial charge in [0.15, 0.2) is 0 Å². The number of rotatable bonds is 3. The van der Waals surface area contributed by atoms with E-state index in [9.17, 15) is 4.39 Å². The molecule has 70 valence electrons. The molecule has 0 aromatic rings. The van der Waals surface area contributed by atoms with Crippen LogP contribution in [0.1, 0.15) is 47.5 Å². The summed E-state index contributed by atoms with van der Waals surface area (Å²) < 4.78 is 9.50. The Morgan fingerprint density at radius 3 is 1.64 bits per heavy atom. The van der Waals surface area contributed by atoms with Crippen LogP contribution in [-0.2, 0) is 0 Å². The predicted molar refractivity (Wildman–Crippen MR) is 50.6 cm³/mol. The van der Waals surface area contributed by atoms with Crippen LogP contribution in [0.3, 0.4) is 0 Å². The van der Waals surface area contributed by atoms with Crippen LogP contribution in [0.15, 0.2) is 0 Å². The van der Waals surface area contributed by atoms with Gasteiger partial charge in [-0.3, -0.25) is 4.39 Å². The van der Waals surface area contributed by atoms with Gasteiger partial charge in [0.25, 0.3) is 0 Å². The third-order valence-electron chi connectivity index (χ3n) is 2.46. The number of halogens is 1. The van der Waals surface area contributed by atoms with Gasteiger partial charge in [0.2, 0.25) is 0 Å². The second kappa shape index (κ2) is 6.63. The Labute approximate surface area is 71.2 Å². The van der Waals surface area contributed by atoms with E-state index >= 15 is 0 Å². The van der Waals surface area contributed by atoms with Gasteiger partial charge >= 0.3 is 0 Å². The average molecular weight is 162 g/mol. The Morgan fingerprint density at radius 2 is 1.55 bits per heavy atom. The molecule has 0 spiro atoms. The van der Waals surface area contributed by atoms with Crippen LogP contribution in [-0.4, -0.2) is 7.18 Å². The quantitative estimate of drug-likeness (QED) is 0.587. The second-order valence-corrected chi connectivity index (χ2v) is 3.89. The van der Waals surface area contributed by atoms with Crippen molar-refractivity contribution in [1.82, 2.24) is 0 Å². The van der Waals surface area contributed by atoms with Crippen molar-refractivity contribution < 1.29 is 4.39 Å². The minimum Gasteiger partial charge on any atom is -0.255 e. The van der Waals surface area contributed by atoms with Crippen molar-refractivity contribution in [2.24, 2.45) is 11.3 Å². The van der Waals surface area contributed by atoms with E-state index in [-0.39, 0.29) is 0 Å². The summed E-state index contributed by atoms with van der Waals surface area (Å²) in [6.45, 7) is 11.6. The minimum absolute atomic E-state index is 0.500. The van der Waals surface area contributed by atoms with Crippen LogP contribution in [0.4, 0.5) is 4.39 Å². The lowest BCUT2D eigenvalue weighted by molar-refractivity contribution is 0.227. The maximum absolute atomic E-state index is 9.50. The molecule has 0 heterocycles. The lowest BCUT2D eigenvalue weighted by atomic mass is 9.78. The van der Waals surface area contributed by atoms with Gasteiger partial charge in [0.05, 0.1) is 7.18 Å². The standard InChI is InChI=1S/C9H20.CH3F/c1-6-7-9(4,5)8(2)3;1-2/h8H,6-7H2,1-5H3;1H3. The molecule has 0 rings (SSSR count). The van der Waals surface area contributed by atoms with Gasteiger partial charge < -0.3 is 0 Å². The van der Waals surface area contributed by atoms with E-state index in [1.54, 1.807) is 0 Å². The summed E-state index contributed by atoms with van der Waals surface area (Å²) >= 11 is 0. The summed E-state index contributed by atoms with van der Waals surface area (Å²) in [6, 6.07) is 0. The number of hydrogen-bond donors (Lipinski definition) is 0. The molecule has 0 nitrogen and oxygen atoms in total. The molecular weight excluding hydrogens is 139 g/mol. The monoisotopic (exact) mass is 162 g/mol. The Kier molecular flexibility index (Phi) is 8.14. The second-order valence-electron chi connectivity index (χ2n) is 3.89. The minimum atomic E-state index is 0.500. The molecule has 0 bridgehead atoms. The van der Waals surface area contributed by atoms with E-state index in [4.69, 9.17) is 0 Å². The van der Waals surface area contributed by atoms with E-state index in [1.165, 1.54) is 12.8 Å². The van der Waals surface area contributed by atoms with Crippen molar-refractivity contribution in [1.29, 1.82) is 0 Å². The summed E-state index contributed by atoms with van der Waals surface area (Å²) in [4.78, 5) is 0. The maximum Gasteiger partial charge on any atom is 0.0785 e. The van der Waals surface area contributed by atoms with Gasteiger partial charge in [0, 0.05) is 0 Å². The average Bonchev–Trinajstić information content (AvgIpc) is 1.92. The fraction of sp³-hybridized carbons (Fsp3) is 1.00. The number of hydrogen-bond acceptors (Lipinski definition) is 0. The molecule has 0 fully saturated rings. The lowest BCUT2D eigenvalue weighted by Crippen LogP contribution is -2.18. The van der Waals surface area contributed by atoms with Gasteiger partial charge in [-0.15, -0.1) is 0 Å². The molecule has 0 amide bonds. The first kappa shape index (κ1) is 13.5. The van der Waals surface area contributed by atoms with E-state index in [0.717, 1.165) is 5.92 Å². The van der Waals surface area contributed by atoms with Gasteiger partial charge in [-0.05, 0) is 17.8 Å². The molecule has 1 heteroatoms. The summed E-state index contributed by atoms with van der Waals surface area (Å²) in [6.07, 6.45) is 2.66. The van der Waals surface area contributed by atoms with Gasteiger partial charge in [-0.1, -0.05) is 41.0 Å². The Bertz CT molecular complexity index is 74.9.